The smallest absolute Gasteiger partial charge is 0.309 e. The molecule has 1 aromatic carbocycles. The van der Waals surface area contributed by atoms with Crippen molar-refractivity contribution < 1.29 is 23.0 Å². The lowest BCUT2D eigenvalue weighted by Crippen LogP contribution is -2.10. The first-order chi connectivity index (χ1) is 8.04. The van der Waals surface area contributed by atoms with E-state index in [0.717, 1.165) is 6.07 Å². The van der Waals surface area contributed by atoms with Crippen molar-refractivity contribution in [2.24, 2.45) is 0 Å². The van der Waals surface area contributed by atoms with Gasteiger partial charge >= 0.3 is 5.97 Å². The van der Waals surface area contributed by atoms with Crippen molar-refractivity contribution in [2.75, 3.05) is 13.2 Å². The molecule has 0 N–H and O–H groups in total. The second-order valence-electron chi connectivity index (χ2n) is 3.10. The molecule has 0 aliphatic heterocycles. The summed E-state index contributed by atoms with van der Waals surface area (Å²) in [5, 5.41) is 0. The van der Waals surface area contributed by atoms with E-state index in [0.29, 0.717) is 4.47 Å². The van der Waals surface area contributed by atoms with Crippen molar-refractivity contribution in [3.8, 4) is 5.75 Å². The van der Waals surface area contributed by atoms with Gasteiger partial charge in [0, 0.05) is 4.47 Å². The Hall–Kier alpha value is -1.17. The predicted octanol–water partition coefficient (Wildman–Crippen LogP) is 3.06. The van der Waals surface area contributed by atoms with E-state index in [2.05, 4.69) is 20.7 Å². The fourth-order valence-electron chi connectivity index (χ4n) is 1.11. The van der Waals surface area contributed by atoms with E-state index in [9.17, 15) is 13.6 Å². The Balaban J connectivity index is 2.55. The van der Waals surface area contributed by atoms with Gasteiger partial charge in [-0.05, 0) is 19.1 Å². The zero-order valence-electron chi connectivity index (χ0n) is 9.13. The molecule has 17 heavy (non-hydrogen) atoms. The molecule has 0 unspecified atom stereocenters. The number of hydrogen-bond acceptors (Lipinski definition) is 3. The molecule has 3 nitrogen and oxygen atoms in total. The molecule has 0 aromatic heterocycles. The fourth-order valence-corrected chi connectivity index (χ4v) is 1.52. The van der Waals surface area contributed by atoms with Crippen LogP contribution in [0.3, 0.4) is 0 Å². The lowest BCUT2D eigenvalue weighted by Gasteiger charge is -2.08. The van der Waals surface area contributed by atoms with Crippen LogP contribution in [0.15, 0.2) is 16.6 Å². The molecule has 0 spiro atoms. The second kappa shape index (κ2) is 6.54. The number of hydrogen-bond donors (Lipinski definition) is 0. The standard InChI is InChI=1S/C11H11BrF2O3/c1-2-16-10(15)3-4-17-9-6-7(12)5-8(13)11(9)14/h5-6H,2-4H2,1H3. The van der Waals surface area contributed by atoms with Gasteiger partial charge in [-0.2, -0.15) is 4.39 Å². The quantitative estimate of drug-likeness (QED) is 0.619. The van der Waals surface area contributed by atoms with Gasteiger partial charge in [-0.3, -0.25) is 4.79 Å². The Morgan fingerprint density at radius 2 is 2.12 bits per heavy atom. The third-order valence-electron chi connectivity index (χ3n) is 1.83. The van der Waals surface area contributed by atoms with Crippen LogP contribution in [-0.2, 0) is 9.53 Å². The summed E-state index contributed by atoms with van der Waals surface area (Å²) in [7, 11) is 0. The first-order valence-electron chi connectivity index (χ1n) is 4.97. The normalized spacial score (nSPS) is 10.1. The fraction of sp³-hybridized carbons (Fsp3) is 0.364. The molecule has 6 heteroatoms. The number of benzene rings is 1. The molecule has 1 rings (SSSR count). The molecular formula is C11H11BrF2O3. The largest absolute Gasteiger partial charge is 0.490 e. The van der Waals surface area contributed by atoms with Crippen LogP contribution in [0.5, 0.6) is 5.75 Å². The third-order valence-corrected chi connectivity index (χ3v) is 2.29. The summed E-state index contributed by atoms with van der Waals surface area (Å²) in [5.74, 6) is -2.76. The van der Waals surface area contributed by atoms with Crippen LogP contribution in [0.25, 0.3) is 0 Å². The highest BCUT2D eigenvalue weighted by atomic mass is 79.9. The van der Waals surface area contributed by atoms with Crippen molar-refractivity contribution >= 4 is 21.9 Å². The van der Waals surface area contributed by atoms with Crippen LogP contribution < -0.4 is 4.74 Å². The second-order valence-corrected chi connectivity index (χ2v) is 4.02. The van der Waals surface area contributed by atoms with Gasteiger partial charge in [0.05, 0.1) is 19.6 Å². The van der Waals surface area contributed by atoms with Gasteiger partial charge < -0.3 is 9.47 Å². The number of halogens is 3. The van der Waals surface area contributed by atoms with E-state index in [1.807, 2.05) is 0 Å². The van der Waals surface area contributed by atoms with E-state index in [1.54, 1.807) is 6.92 Å². The minimum Gasteiger partial charge on any atom is -0.490 e. The highest BCUT2D eigenvalue weighted by molar-refractivity contribution is 9.10. The highest BCUT2D eigenvalue weighted by Gasteiger charge is 2.12. The lowest BCUT2D eigenvalue weighted by molar-refractivity contribution is -0.143. The summed E-state index contributed by atoms with van der Waals surface area (Å²) < 4.78 is 36.2. The van der Waals surface area contributed by atoms with Gasteiger partial charge in [0.2, 0.25) is 5.82 Å². The van der Waals surface area contributed by atoms with E-state index >= 15 is 0 Å². The number of rotatable bonds is 5. The summed E-state index contributed by atoms with van der Waals surface area (Å²) in [4.78, 5) is 11.0. The average Bonchev–Trinajstić information content (AvgIpc) is 2.25. The van der Waals surface area contributed by atoms with Crippen molar-refractivity contribution in [1.29, 1.82) is 0 Å². The van der Waals surface area contributed by atoms with Crippen molar-refractivity contribution in [3.63, 3.8) is 0 Å². The molecule has 0 saturated heterocycles. The molecule has 0 aliphatic rings. The van der Waals surface area contributed by atoms with E-state index in [4.69, 9.17) is 4.74 Å². The molecule has 0 saturated carbocycles. The highest BCUT2D eigenvalue weighted by Crippen LogP contribution is 2.25. The van der Waals surface area contributed by atoms with Crippen LogP contribution >= 0.6 is 15.9 Å². The molecule has 0 atom stereocenters. The van der Waals surface area contributed by atoms with E-state index < -0.39 is 17.6 Å². The number of esters is 1. The Kier molecular flexibility index (Phi) is 5.34. The minimum absolute atomic E-state index is 0.0125. The van der Waals surface area contributed by atoms with Crippen LogP contribution in [0.4, 0.5) is 8.78 Å². The van der Waals surface area contributed by atoms with Gasteiger partial charge in [-0.25, -0.2) is 4.39 Å². The maximum Gasteiger partial charge on any atom is 0.309 e. The van der Waals surface area contributed by atoms with Crippen LogP contribution in [0, 0.1) is 11.6 Å². The molecular weight excluding hydrogens is 298 g/mol. The number of carbonyl (C=O) groups is 1. The zero-order chi connectivity index (χ0) is 12.8. The Morgan fingerprint density at radius 1 is 1.41 bits per heavy atom. The zero-order valence-corrected chi connectivity index (χ0v) is 10.7. The van der Waals surface area contributed by atoms with Crippen LogP contribution in [-0.4, -0.2) is 19.2 Å². The lowest BCUT2D eigenvalue weighted by atomic mass is 10.3. The molecule has 1 aromatic rings. The summed E-state index contributed by atoms with van der Waals surface area (Å²) in [6, 6.07) is 2.29. The summed E-state index contributed by atoms with van der Waals surface area (Å²) in [5.41, 5.74) is 0. The first-order valence-corrected chi connectivity index (χ1v) is 5.77. The number of carbonyl (C=O) groups excluding carboxylic acids is 1. The predicted molar refractivity (Wildman–Crippen MR) is 60.8 cm³/mol. The SMILES string of the molecule is CCOC(=O)CCOc1cc(Br)cc(F)c1F. The minimum atomic E-state index is -1.07. The van der Waals surface area contributed by atoms with Gasteiger partial charge in [-0.1, -0.05) is 15.9 Å². The van der Waals surface area contributed by atoms with Crippen molar-refractivity contribution in [2.45, 2.75) is 13.3 Å². The summed E-state index contributed by atoms with van der Waals surface area (Å²) in [6.45, 7) is 1.90. The third kappa shape index (κ3) is 4.30. The van der Waals surface area contributed by atoms with E-state index in [1.165, 1.54) is 6.07 Å². The monoisotopic (exact) mass is 308 g/mol. The molecule has 0 amide bonds. The summed E-state index contributed by atoms with van der Waals surface area (Å²) >= 11 is 3.01. The van der Waals surface area contributed by atoms with Crippen LogP contribution in [0.2, 0.25) is 0 Å². The Morgan fingerprint density at radius 3 is 2.76 bits per heavy atom. The van der Waals surface area contributed by atoms with Gasteiger partial charge in [0.1, 0.15) is 0 Å². The Labute approximate surface area is 106 Å². The Bertz CT molecular complexity index is 410. The number of ether oxygens (including phenoxy) is 2. The molecule has 94 valence electrons. The van der Waals surface area contributed by atoms with Gasteiger partial charge in [0.15, 0.2) is 11.6 Å². The van der Waals surface area contributed by atoms with Crippen molar-refractivity contribution in [1.82, 2.24) is 0 Å². The van der Waals surface area contributed by atoms with Gasteiger partial charge in [0.25, 0.3) is 0 Å². The van der Waals surface area contributed by atoms with Crippen molar-refractivity contribution in [3.05, 3.63) is 28.2 Å². The first kappa shape index (κ1) is 13.9. The molecule has 0 heterocycles. The van der Waals surface area contributed by atoms with Crippen LogP contribution in [0.1, 0.15) is 13.3 Å². The molecule has 0 aliphatic carbocycles. The molecule has 0 radical (unpaired) electrons. The maximum atomic E-state index is 13.2. The summed E-state index contributed by atoms with van der Waals surface area (Å²) in [6.07, 6.45) is -0.0125. The average molecular weight is 309 g/mol. The maximum absolute atomic E-state index is 13.2. The molecule has 0 bridgehead atoms. The molecule has 0 fully saturated rings. The van der Waals surface area contributed by atoms with Gasteiger partial charge in [-0.15, -0.1) is 0 Å². The van der Waals surface area contributed by atoms with E-state index in [-0.39, 0.29) is 25.4 Å². The topological polar surface area (TPSA) is 35.5 Å².